The Morgan fingerprint density at radius 2 is 1.64 bits per heavy atom. The molecule has 45 heavy (non-hydrogen) atoms. The van der Waals surface area contributed by atoms with Crippen molar-refractivity contribution in [2.75, 3.05) is 12.8 Å². The molecule has 1 aromatic rings. The summed E-state index contributed by atoms with van der Waals surface area (Å²) in [4.78, 5) is 0.367. The molecule has 0 bridgehead atoms. The van der Waals surface area contributed by atoms with Gasteiger partial charge in [-0.1, -0.05) is 43.6 Å². The lowest BCUT2D eigenvalue weighted by Gasteiger charge is -2.54. The summed E-state index contributed by atoms with van der Waals surface area (Å²) in [5.74, 6) is 4.36. The Labute approximate surface area is 280 Å². The van der Waals surface area contributed by atoms with E-state index in [-0.39, 0.29) is 35.6 Å². The molecule has 1 N–H and O–H groups in total. The molecule has 2 aliphatic heterocycles. The smallest absolute Gasteiger partial charge is 0.243 e. The quantitative estimate of drug-likeness (QED) is 0.368. The number of nitrogens with zero attached hydrogens (tertiary/aromatic N) is 1. The van der Waals surface area contributed by atoms with Gasteiger partial charge in [0.15, 0.2) is 0 Å². The predicted octanol–water partition coefficient (Wildman–Crippen LogP) is 6.83. The number of ether oxygens (including phenoxy) is 1. The zero-order valence-corrected chi connectivity index (χ0v) is 30.8. The topological polar surface area (TPSA) is 92.8 Å². The van der Waals surface area contributed by atoms with E-state index in [1.54, 1.807) is 12.1 Å². The molecular weight excluding hydrogens is 672 g/mol. The van der Waals surface area contributed by atoms with Crippen molar-refractivity contribution in [1.82, 2.24) is 9.03 Å². The number of fused-ring (bicyclic) bond motifs is 6. The van der Waals surface area contributed by atoms with E-state index < -0.39 is 20.0 Å². The standard InChI is InChI=1S/C35H53BrN2O5S2/c1-21-16-32-33(38(20-21)45(41,42)27-9-7-25(36)8-10-27)23(3)35(43-32)15-13-28-29-11-6-24-17-26(37-44(5,39)40)12-14-34(24,4)31(29)18-30(28)22(2)19-35/h7-10,21-24,26,28-33,37H,6,11-20H2,1-5H3/t21-,22-,23+,24+,26+,28-,29-,30-,31-,32+,33-,34-,35-/m0/s1. The fourth-order valence-corrected chi connectivity index (χ4v) is 15.0. The monoisotopic (exact) mass is 724 g/mol. The molecule has 10 heteroatoms. The van der Waals surface area contributed by atoms with Crippen molar-refractivity contribution in [2.45, 2.75) is 121 Å². The van der Waals surface area contributed by atoms with Gasteiger partial charge in [-0.2, -0.15) is 4.31 Å². The maximum Gasteiger partial charge on any atom is 0.243 e. The maximum absolute atomic E-state index is 14.1. The summed E-state index contributed by atoms with van der Waals surface area (Å²) in [6.07, 6.45) is 12.2. The van der Waals surface area contributed by atoms with E-state index in [4.69, 9.17) is 4.74 Å². The molecule has 7 rings (SSSR count). The summed E-state index contributed by atoms with van der Waals surface area (Å²) in [5, 5.41) is 0. The van der Waals surface area contributed by atoms with Gasteiger partial charge < -0.3 is 4.74 Å². The summed E-state index contributed by atoms with van der Waals surface area (Å²) in [7, 11) is -6.83. The first-order valence-electron chi connectivity index (χ1n) is 17.5. The highest BCUT2D eigenvalue weighted by molar-refractivity contribution is 9.10. The lowest BCUT2D eigenvalue weighted by Crippen LogP contribution is -2.54. The average Bonchev–Trinajstić information content (AvgIpc) is 3.42. The second-order valence-electron chi connectivity index (χ2n) is 16.6. The first-order chi connectivity index (χ1) is 21.1. The van der Waals surface area contributed by atoms with Crippen molar-refractivity contribution < 1.29 is 21.6 Å². The van der Waals surface area contributed by atoms with Gasteiger partial charge in [-0.25, -0.2) is 21.6 Å². The van der Waals surface area contributed by atoms with Gasteiger partial charge in [-0.3, -0.25) is 0 Å². The molecule has 0 aromatic heterocycles. The number of sulfonamides is 2. The van der Waals surface area contributed by atoms with Crippen molar-refractivity contribution in [1.29, 1.82) is 0 Å². The number of piperidine rings is 1. The average molecular weight is 726 g/mol. The van der Waals surface area contributed by atoms with Crippen LogP contribution in [0, 0.1) is 52.8 Å². The molecule has 2 heterocycles. The second-order valence-corrected chi connectivity index (χ2v) is 21.2. The molecule has 4 saturated carbocycles. The van der Waals surface area contributed by atoms with E-state index in [1.807, 2.05) is 16.4 Å². The Morgan fingerprint density at radius 3 is 2.36 bits per heavy atom. The third-order valence-electron chi connectivity index (χ3n) is 14.0. The van der Waals surface area contributed by atoms with Gasteiger partial charge in [0, 0.05) is 23.0 Å². The molecule has 7 nitrogen and oxygen atoms in total. The molecule has 4 aliphatic carbocycles. The molecule has 13 atom stereocenters. The van der Waals surface area contributed by atoms with Crippen LogP contribution in [0.15, 0.2) is 33.6 Å². The summed E-state index contributed by atoms with van der Waals surface area (Å²) >= 11 is 3.46. The third kappa shape index (κ3) is 5.61. The fraction of sp³-hybridized carbons (Fsp3) is 0.829. The number of benzene rings is 1. The molecule has 1 spiro atoms. The number of hydrogen-bond acceptors (Lipinski definition) is 5. The summed E-state index contributed by atoms with van der Waals surface area (Å²) in [5.41, 5.74) is 0.0228. The molecular formula is C35H53BrN2O5S2. The number of rotatable bonds is 4. The molecule has 1 aromatic carbocycles. The first kappa shape index (κ1) is 33.0. The second kappa shape index (κ2) is 11.5. The van der Waals surface area contributed by atoms with Crippen LogP contribution in [0.3, 0.4) is 0 Å². The highest BCUT2D eigenvalue weighted by Crippen LogP contribution is 2.66. The van der Waals surface area contributed by atoms with E-state index in [0.717, 1.165) is 54.8 Å². The lowest BCUT2D eigenvalue weighted by molar-refractivity contribution is -0.0865. The minimum atomic E-state index is -3.65. The Kier molecular flexibility index (Phi) is 8.46. The van der Waals surface area contributed by atoms with Gasteiger partial charge in [-0.05, 0) is 135 Å². The predicted molar refractivity (Wildman–Crippen MR) is 180 cm³/mol. The van der Waals surface area contributed by atoms with Crippen LogP contribution in [0.25, 0.3) is 0 Å². The summed E-state index contributed by atoms with van der Waals surface area (Å²) in [6, 6.07) is 7.04. The van der Waals surface area contributed by atoms with E-state index in [2.05, 4.69) is 48.3 Å². The lowest BCUT2D eigenvalue weighted by atomic mass is 9.52. The highest BCUT2D eigenvalue weighted by Gasteiger charge is 2.63. The number of halogens is 1. The van der Waals surface area contributed by atoms with Gasteiger partial charge in [0.25, 0.3) is 0 Å². The van der Waals surface area contributed by atoms with Gasteiger partial charge in [0.2, 0.25) is 20.0 Å². The molecule has 6 fully saturated rings. The van der Waals surface area contributed by atoms with E-state index in [1.165, 1.54) is 31.9 Å². The van der Waals surface area contributed by atoms with Crippen molar-refractivity contribution >= 4 is 36.0 Å². The van der Waals surface area contributed by atoms with Crippen molar-refractivity contribution in [3.05, 3.63) is 28.7 Å². The van der Waals surface area contributed by atoms with Crippen LogP contribution in [0.1, 0.15) is 91.9 Å². The maximum atomic E-state index is 14.1. The normalized spacial score (nSPS) is 47.0. The van der Waals surface area contributed by atoms with E-state index in [0.29, 0.717) is 40.5 Å². The van der Waals surface area contributed by atoms with Gasteiger partial charge >= 0.3 is 0 Å². The SMILES string of the molecule is C[C@H]1C[C@H]2O[C@]3(CC[C@@H]4[C@@H](C[C@H]5[C@H]4CC[C@@H]4C[C@H](NS(C)(=O)=O)CC[C@@]45C)[C@@H](C)C3)[C@H](C)[C@@H]2N(S(=O)(=O)c2ccc(Br)cc2)C1. The van der Waals surface area contributed by atoms with Crippen LogP contribution < -0.4 is 4.72 Å². The Bertz CT molecular complexity index is 1500. The summed E-state index contributed by atoms with van der Waals surface area (Å²) < 4.78 is 65.0. The first-order valence-corrected chi connectivity index (χ1v) is 21.7. The minimum Gasteiger partial charge on any atom is -0.370 e. The molecule has 6 aliphatic rings. The van der Waals surface area contributed by atoms with Gasteiger partial charge in [-0.15, -0.1) is 0 Å². The Morgan fingerprint density at radius 1 is 0.911 bits per heavy atom. The zero-order chi connectivity index (χ0) is 32.1. The van der Waals surface area contributed by atoms with E-state index in [9.17, 15) is 16.8 Å². The van der Waals surface area contributed by atoms with Crippen molar-refractivity contribution in [2.24, 2.45) is 52.8 Å². The van der Waals surface area contributed by atoms with Crippen LogP contribution in [0.5, 0.6) is 0 Å². The van der Waals surface area contributed by atoms with Crippen LogP contribution in [0.4, 0.5) is 0 Å². The molecule has 252 valence electrons. The van der Waals surface area contributed by atoms with Crippen molar-refractivity contribution in [3.8, 4) is 0 Å². The highest BCUT2D eigenvalue weighted by atomic mass is 79.9. The van der Waals surface area contributed by atoms with Crippen LogP contribution in [-0.2, 0) is 24.8 Å². The largest absolute Gasteiger partial charge is 0.370 e. The van der Waals surface area contributed by atoms with Crippen molar-refractivity contribution in [3.63, 3.8) is 0 Å². The molecule has 2 saturated heterocycles. The molecule has 0 amide bonds. The Balaban J connectivity index is 1.10. The molecule has 0 radical (unpaired) electrons. The minimum absolute atomic E-state index is 0.0584. The third-order valence-corrected chi connectivity index (χ3v) is 17.2. The summed E-state index contributed by atoms with van der Waals surface area (Å²) in [6.45, 7) is 10.0. The van der Waals surface area contributed by atoms with Gasteiger partial charge in [0.1, 0.15) is 0 Å². The van der Waals surface area contributed by atoms with Crippen LogP contribution in [-0.4, -0.2) is 57.7 Å². The fourth-order valence-electron chi connectivity index (χ4n) is 12.0. The Hall–Kier alpha value is -0.520. The van der Waals surface area contributed by atoms with E-state index >= 15 is 0 Å². The van der Waals surface area contributed by atoms with Gasteiger partial charge in [0.05, 0.1) is 28.9 Å². The zero-order valence-electron chi connectivity index (χ0n) is 27.6. The molecule has 0 unspecified atom stereocenters. The van der Waals surface area contributed by atoms with Crippen LogP contribution >= 0.6 is 15.9 Å². The van der Waals surface area contributed by atoms with Crippen LogP contribution in [0.2, 0.25) is 0 Å². The number of nitrogens with one attached hydrogen (secondary N) is 1. The number of hydrogen-bond donors (Lipinski definition) is 1.